The molecule has 2 N–H and O–H groups in total. The van der Waals surface area contributed by atoms with Gasteiger partial charge in [-0.1, -0.05) is 0 Å². The molecule has 0 unspecified atom stereocenters. The van der Waals surface area contributed by atoms with E-state index in [2.05, 4.69) is 20.1 Å². The van der Waals surface area contributed by atoms with Gasteiger partial charge in [-0.3, -0.25) is 9.69 Å². The lowest BCUT2D eigenvalue weighted by Gasteiger charge is -2.29. The Hall–Kier alpha value is -2.40. The molecule has 9 nitrogen and oxygen atoms in total. The maximum Gasteiger partial charge on any atom is 0.253 e. The van der Waals surface area contributed by atoms with Crippen LogP contribution in [0.1, 0.15) is 24.8 Å². The Bertz CT molecular complexity index is 1070. The largest absolute Gasteiger partial charge is 0.454 e. The molecule has 5 rings (SSSR count). The van der Waals surface area contributed by atoms with E-state index < -0.39 is 0 Å². The third-order valence-electron chi connectivity index (χ3n) is 6.54. The van der Waals surface area contributed by atoms with Gasteiger partial charge in [0.25, 0.3) is 5.56 Å². The van der Waals surface area contributed by atoms with E-state index in [0.29, 0.717) is 35.3 Å². The number of rotatable bonds is 8. The summed E-state index contributed by atoms with van der Waals surface area (Å²) in [5.74, 6) is 1.34. The van der Waals surface area contributed by atoms with Crippen LogP contribution < -0.4 is 20.3 Å². The van der Waals surface area contributed by atoms with Gasteiger partial charge in [0.15, 0.2) is 16.6 Å². The number of nitrogens with one attached hydrogen (secondary N) is 2. The van der Waals surface area contributed by atoms with Crippen LogP contribution >= 0.6 is 12.2 Å². The van der Waals surface area contributed by atoms with Gasteiger partial charge in [-0.15, -0.1) is 0 Å². The molecule has 2 aromatic rings. The summed E-state index contributed by atoms with van der Waals surface area (Å²) >= 11 is 5.76. The maximum absolute atomic E-state index is 12.9. The smallest absolute Gasteiger partial charge is 0.253 e. The Kier molecular flexibility index (Phi) is 7.48. The lowest BCUT2D eigenvalue weighted by atomic mass is 10.1. The minimum Gasteiger partial charge on any atom is -0.454 e. The summed E-state index contributed by atoms with van der Waals surface area (Å²) in [6.07, 6.45) is 3.19. The number of hydrogen-bond donors (Lipinski definition) is 2. The molecular weight excluding hydrogens is 456 g/mol. The molecule has 3 aliphatic heterocycles. The maximum atomic E-state index is 12.9. The zero-order valence-electron chi connectivity index (χ0n) is 19.3. The second kappa shape index (κ2) is 10.9. The highest BCUT2D eigenvalue weighted by Crippen LogP contribution is 2.35. The molecule has 0 radical (unpaired) electrons. The van der Waals surface area contributed by atoms with Crippen LogP contribution in [0.2, 0.25) is 0 Å². The van der Waals surface area contributed by atoms with Crippen molar-refractivity contribution in [2.75, 3.05) is 59.3 Å². The standard InChI is InChI=1S/C24H32N4O5S/c29-23-18(11-17-12-21-22(33-16-32-21)13-20(17)26-23)14-28(15-19-3-1-8-31-19)24(34)25-4-2-5-27-6-9-30-10-7-27/h11-13,19H,1-10,14-16H2,(H,25,34)(H,26,29)/t19-/m1/s1. The molecule has 184 valence electrons. The topological polar surface area (TPSA) is 88.3 Å². The number of benzene rings is 1. The molecule has 1 aromatic heterocycles. The normalized spacial score (nSPS) is 20.1. The molecule has 10 heteroatoms. The summed E-state index contributed by atoms with van der Waals surface area (Å²) in [6, 6.07) is 5.64. The first-order chi connectivity index (χ1) is 16.7. The number of nitrogens with zero attached hydrogens (tertiary/aromatic N) is 2. The Morgan fingerprint density at radius 3 is 2.79 bits per heavy atom. The van der Waals surface area contributed by atoms with Crippen molar-refractivity contribution >= 4 is 28.2 Å². The van der Waals surface area contributed by atoms with Crippen LogP contribution in [0.15, 0.2) is 23.0 Å². The molecule has 0 aliphatic carbocycles. The highest BCUT2D eigenvalue weighted by Gasteiger charge is 2.23. The van der Waals surface area contributed by atoms with Crippen LogP contribution in [0.25, 0.3) is 10.9 Å². The number of hydrogen-bond acceptors (Lipinski definition) is 7. The molecule has 3 aliphatic rings. The number of morpholine rings is 1. The number of aromatic amines is 1. The van der Waals surface area contributed by atoms with E-state index in [9.17, 15) is 4.79 Å². The summed E-state index contributed by atoms with van der Waals surface area (Å²) < 4.78 is 22.2. The lowest BCUT2D eigenvalue weighted by Crippen LogP contribution is -2.45. The van der Waals surface area contributed by atoms with Crippen molar-refractivity contribution in [3.63, 3.8) is 0 Å². The molecule has 2 fully saturated rings. The second-order valence-electron chi connectivity index (χ2n) is 8.97. The van der Waals surface area contributed by atoms with Gasteiger partial charge in [0, 0.05) is 49.8 Å². The molecule has 2 saturated heterocycles. The van der Waals surface area contributed by atoms with E-state index in [0.717, 1.165) is 76.2 Å². The number of pyridine rings is 1. The van der Waals surface area contributed by atoms with Crippen molar-refractivity contribution in [3.05, 3.63) is 34.1 Å². The van der Waals surface area contributed by atoms with Crippen LogP contribution in [0.5, 0.6) is 11.5 Å². The fourth-order valence-corrected chi connectivity index (χ4v) is 4.89. The molecule has 34 heavy (non-hydrogen) atoms. The average molecular weight is 489 g/mol. The number of aromatic nitrogens is 1. The van der Waals surface area contributed by atoms with E-state index in [4.69, 9.17) is 31.2 Å². The molecule has 0 amide bonds. The van der Waals surface area contributed by atoms with Crippen molar-refractivity contribution < 1.29 is 18.9 Å². The lowest BCUT2D eigenvalue weighted by molar-refractivity contribution is 0.0375. The van der Waals surface area contributed by atoms with Gasteiger partial charge in [0.1, 0.15) is 0 Å². The first-order valence-corrected chi connectivity index (χ1v) is 12.5. The number of fused-ring (bicyclic) bond motifs is 2. The molecule has 1 aromatic carbocycles. The van der Waals surface area contributed by atoms with E-state index >= 15 is 0 Å². The minimum atomic E-state index is -0.126. The van der Waals surface area contributed by atoms with Crippen molar-refractivity contribution in [1.82, 2.24) is 20.1 Å². The summed E-state index contributed by atoms with van der Waals surface area (Å²) in [4.78, 5) is 20.4. The fraction of sp³-hybridized carbons (Fsp3) is 0.583. The number of ether oxygens (including phenoxy) is 4. The van der Waals surface area contributed by atoms with Gasteiger partial charge in [0.05, 0.1) is 31.4 Å². The van der Waals surface area contributed by atoms with Crippen molar-refractivity contribution in [3.8, 4) is 11.5 Å². The molecule has 0 saturated carbocycles. The van der Waals surface area contributed by atoms with Gasteiger partial charge in [0.2, 0.25) is 6.79 Å². The zero-order valence-corrected chi connectivity index (χ0v) is 20.2. The Morgan fingerprint density at radius 2 is 2.00 bits per heavy atom. The molecule has 0 bridgehead atoms. The Labute approximate surface area is 204 Å². The van der Waals surface area contributed by atoms with Crippen LogP contribution in [-0.2, 0) is 16.0 Å². The molecule has 4 heterocycles. The minimum absolute atomic E-state index is 0.126. The predicted octanol–water partition coefficient (Wildman–Crippen LogP) is 1.83. The van der Waals surface area contributed by atoms with Crippen molar-refractivity contribution in [2.24, 2.45) is 0 Å². The van der Waals surface area contributed by atoms with Gasteiger partial charge in [-0.25, -0.2) is 0 Å². The Morgan fingerprint density at radius 1 is 1.18 bits per heavy atom. The highest BCUT2D eigenvalue weighted by molar-refractivity contribution is 7.80. The van der Waals surface area contributed by atoms with Gasteiger partial charge in [-0.2, -0.15) is 0 Å². The number of H-pyrrole nitrogens is 1. The average Bonchev–Trinajstić information content (AvgIpc) is 3.53. The zero-order chi connectivity index (χ0) is 23.3. The van der Waals surface area contributed by atoms with Crippen molar-refractivity contribution in [1.29, 1.82) is 0 Å². The van der Waals surface area contributed by atoms with E-state index in [1.165, 1.54) is 0 Å². The monoisotopic (exact) mass is 488 g/mol. The van der Waals surface area contributed by atoms with Crippen LogP contribution in [0, 0.1) is 0 Å². The van der Waals surface area contributed by atoms with Crippen LogP contribution in [0.3, 0.4) is 0 Å². The van der Waals surface area contributed by atoms with Gasteiger partial charge >= 0.3 is 0 Å². The first kappa shape index (κ1) is 23.3. The summed E-state index contributed by atoms with van der Waals surface area (Å²) in [6.45, 7) is 7.45. The second-order valence-corrected chi connectivity index (χ2v) is 9.36. The molecule has 1 atom stereocenters. The van der Waals surface area contributed by atoms with E-state index in [1.807, 2.05) is 18.2 Å². The fourth-order valence-electron chi connectivity index (χ4n) is 4.65. The van der Waals surface area contributed by atoms with Gasteiger partial charge < -0.3 is 34.1 Å². The van der Waals surface area contributed by atoms with Crippen molar-refractivity contribution in [2.45, 2.75) is 31.9 Å². The van der Waals surface area contributed by atoms with E-state index in [-0.39, 0.29) is 18.5 Å². The van der Waals surface area contributed by atoms with Crippen LogP contribution in [-0.4, -0.2) is 85.3 Å². The summed E-state index contributed by atoms with van der Waals surface area (Å²) in [5, 5.41) is 4.96. The SMILES string of the molecule is O=c1[nH]c2cc3c(cc2cc1CN(C[C@H]1CCCO1)C(=S)NCCCN1CCOCC1)OCO3. The predicted molar refractivity (Wildman–Crippen MR) is 133 cm³/mol. The molecular formula is C24H32N4O5S. The van der Waals surface area contributed by atoms with Gasteiger partial charge in [-0.05, 0) is 50.2 Å². The van der Waals surface area contributed by atoms with Crippen LogP contribution in [0.4, 0.5) is 0 Å². The Balaban J connectivity index is 1.26. The third-order valence-corrected chi connectivity index (χ3v) is 6.94. The summed E-state index contributed by atoms with van der Waals surface area (Å²) in [5.41, 5.74) is 1.26. The molecule has 0 spiro atoms. The number of thiocarbonyl (C=S) groups is 1. The summed E-state index contributed by atoms with van der Waals surface area (Å²) in [7, 11) is 0. The highest BCUT2D eigenvalue weighted by atomic mass is 32.1. The quantitative estimate of drug-likeness (QED) is 0.427. The van der Waals surface area contributed by atoms with E-state index in [1.54, 1.807) is 0 Å². The first-order valence-electron chi connectivity index (χ1n) is 12.1. The third kappa shape index (κ3) is 5.63.